The van der Waals surface area contributed by atoms with Crippen LogP contribution in [0.15, 0.2) is 10.5 Å². The molecule has 0 spiro atoms. The first-order valence-corrected chi connectivity index (χ1v) is 7.38. The smallest absolute Gasteiger partial charge is 0.130 e. The molecule has 1 aliphatic heterocycles. The monoisotopic (exact) mass is 266 g/mol. The van der Waals surface area contributed by atoms with E-state index in [2.05, 4.69) is 23.2 Å². The zero-order valence-corrected chi connectivity index (χ0v) is 12.2. The highest BCUT2D eigenvalue weighted by atomic mass is 16.5. The number of aryl methyl sites for hydroxylation is 1. The number of nitrogens with zero attached hydrogens (tertiary/aromatic N) is 1. The summed E-state index contributed by atoms with van der Waals surface area (Å²) in [4.78, 5) is 2.46. The normalized spacial score (nSPS) is 16.3. The predicted octanol–water partition coefficient (Wildman–Crippen LogP) is 2.31. The Labute approximate surface area is 116 Å². The molecule has 1 fully saturated rings. The number of hydrogen-bond acceptors (Lipinski definition) is 4. The minimum absolute atomic E-state index is 0.584. The van der Waals surface area contributed by atoms with Crippen LogP contribution in [0.2, 0.25) is 0 Å². The molecule has 2 heterocycles. The van der Waals surface area contributed by atoms with Crippen molar-refractivity contribution in [2.24, 2.45) is 0 Å². The maximum absolute atomic E-state index is 5.71. The number of ether oxygens (including phenoxy) is 1. The van der Waals surface area contributed by atoms with Crippen molar-refractivity contribution in [3.63, 3.8) is 0 Å². The van der Waals surface area contributed by atoms with Gasteiger partial charge in [0.1, 0.15) is 18.1 Å². The summed E-state index contributed by atoms with van der Waals surface area (Å²) in [7, 11) is 0. The average Bonchev–Trinajstić information content (AvgIpc) is 3.02. The quantitative estimate of drug-likeness (QED) is 0.733. The lowest BCUT2D eigenvalue weighted by atomic mass is 10.2. The second-order valence-corrected chi connectivity index (χ2v) is 5.18. The van der Waals surface area contributed by atoms with Crippen LogP contribution in [-0.4, -0.2) is 37.7 Å². The Morgan fingerprint density at radius 1 is 1.37 bits per heavy atom. The van der Waals surface area contributed by atoms with Gasteiger partial charge in [-0.3, -0.25) is 0 Å². The van der Waals surface area contributed by atoms with Crippen molar-refractivity contribution in [3.8, 4) is 0 Å². The summed E-state index contributed by atoms with van der Waals surface area (Å²) < 4.78 is 11.4. The largest absolute Gasteiger partial charge is 0.464 e. The van der Waals surface area contributed by atoms with Crippen molar-refractivity contribution < 1.29 is 9.15 Å². The third-order valence-electron chi connectivity index (χ3n) is 3.63. The maximum Gasteiger partial charge on any atom is 0.130 e. The summed E-state index contributed by atoms with van der Waals surface area (Å²) in [5, 5.41) is 3.32. The van der Waals surface area contributed by atoms with Gasteiger partial charge in [0.15, 0.2) is 0 Å². The Morgan fingerprint density at radius 2 is 2.16 bits per heavy atom. The molecule has 1 saturated heterocycles. The Morgan fingerprint density at radius 3 is 2.89 bits per heavy atom. The fraction of sp³-hybridized carbons (Fsp3) is 0.733. The summed E-state index contributed by atoms with van der Waals surface area (Å²) >= 11 is 0. The molecular weight excluding hydrogens is 240 g/mol. The molecule has 108 valence electrons. The number of hydrogen-bond donors (Lipinski definition) is 1. The molecule has 1 aromatic heterocycles. The van der Waals surface area contributed by atoms with E-state index < -0.39 is 0 Å². The van der Waals surface area contributed by atoms with Crippen LogP contribution in [-0.2, 0) is 17.9 Å². The molecule has 2 rings (SSSR count). The number of rotatable bonds is 8. The van der Waals surface area contributed by atoms with Crippen LogP contribution < -0.4 is 5.32 Å². The molecule has 0 radical (unpaired) electrons. The standard InChI is InChI=1S/C15H26N2O2/c1-3-16-11-14-10-15(19-13(14)2)12-18-9-8-17-6-4-5-7-17/h10,16H,3-9,11-12H2,1-2H3. The lowest BCUT2D eigenvalue weighted by Gasteiger charge is -2.13. The first-order chi connectivity index (χ1) is 9.29. The highest BCUT2D eigenvalue weighted by Gasteiger charge is 2.11. The highest BCUT2D eigenvalue weighted by Crippen LogP contribution is 2.15. The lowest BCUT2D eigenvalue weighted by molar-refractivity contribution is 0.0870. The zero-order chi connectivity index (χ0) is 13.5. The van der Waals surface area contributed by atoms with Gasteiger partial charge in [-0.1, -0.05) is 6.92 Å². The number of nitrogens with one attached hydrogen (secondary N) is 1. The number of furan rings is 1. The molecule has 4 heteroatoms. The van der Waals surface area contributed by atoms with E-state index in [0.29, 0.717) is 6.61 Å². The molecule has 0 amide bonds. The van der Waals surface area contributed by atoms with Gasteiger partial charge in [0.25, 0.3) is 0 Å². The maximum atomic E-state index is 5.71. The molecular formula is C15H26N2O2. The van der Waals surface area contributed by atoms with E-state index in [-0.39, 0.29) is 0 Å². The third-order valence-corrected chi connectivity index (χ3v) is 3.63. The topological polar surface area (TPSA) is 37.6 Å². The van der Waals surface area contributed by atoms with E-state index in [9.17, 15) is 0 Å². The average molecular weight is 266 g/mol. The summed E-state index contributed by atoms with van der Waals surface area (Å²) in [6, 6.07) is 2.11. The minimum Gasteiger partial charge on any atom is -0.464 e. The Balaban J connectivity index is 1.67. The van der Waals surface area contributed by atoms with Crippen LogP contribution in [0.25, 0.3) is 0 Å². The van der Waals surface area contributed by atoms with Gasteiger partial charge in [-0.2, -0.15) is 0 Å². The van der Waals surface area contributed by atoms with Crippen molar-refractivity contribution >= 4 is 0 Å². The van der Waals surface area contributed by atoms with Crippen LogP contribution >= 0.6 is 0 Å². The molecule has 1 N–H and O–H groups in total. The van der Waals surface area contributed by atoms with Crippen LogP contribution in [0, 0.1) is 6.92 Å². The van der Waals surface area contributed by atoms with Crippen molar-refractivity contribution in [1.82, 2.24) is 10.2 Å². The van der Waals surface area contributed by atoms with Crippen molar-refractivity contribution in [3.05, 3.63) is 23.2 Å². The molecule has 1 aromatic rings. The zero-order valence-electron chi connectivity index (χ0n) is 12.2. The molecule has 4 nitrogen and oxygen atoms in total. The molecule has 1 aliphatic rings. The van der Waals surface area contributed by atoms with Gasteiger partial charge in [0.2, 0.25) is 0 Å². The van der Waals surface area contributed by atoms with E-state index in [1.54, 1.807) is 0 Å². The predicted molar refractivity (Wildman–Crippen MR) is 76.2 cm³/mol. The van der Waals surface area contributed by atoms with Gasteiger partial charge >= 0.3 is 0 Å². The lowest BCUT2D eigenvalue weighted by Crippen LogP contribution is -2.23. The fourth-order valence-electron chi connectivity index (χ4n) is 2.47. The summed E-state index contributed by atoms with van der Waals surface area (Å²) in [6.07, 6.45) is 2.68. The van der Waals surface area contributed by atoms with E-state index in [1.807, 2.05) is 6.92 Å². The van der Waals surface area contributed by atoms with Gasteiger partial charge in [0.05, 0.1) is 6.61 Å². The van der Waals surface area contributed by atoms with E-state index >= 15 is 0 Å². The molecule has 19 heavy (non-hydrogen) atoms. The fourth-order valence-corrected chi connectivity index (χ4v) is 2.47. The van der Waals surface area contributed by atoms with Crippen LogP contribution in [0.5, 0.6) is 0 Å². The van der Waals surface area contributed by atoms with Gasteiger partial charge in [-0.25, -0.2) is 0 Å². The van der Waals surface area contributed by atoms with Gasteiger partial charge < -0.3 is 19.4 Å². The first-order valence-electron chi connectivity index (χ1n) is 7.38. The molecule has 0 bridgehead atoms. The van der Waals surface area contributed by atoms with Crippen molar-refractivity contribution in [2.45, 2.75) is 39.8 Å². The van der Waals surface area contributed by atoms with Crippen molar-refractivity contribution in [2.75, 3.05) is 32.8 Å². The molecule has 0 aromatic carbocycles. The minimum atomic E-state index is 0.584. The second kappa shape index (κ2) is 7.68. The van der Waals surface area contributed by atoms with Gasteiger partial charge in [-0.15, -0.1) is 0 Å². The summed E-state index contributed by atoms with van der Waals surface area (Å²) in [6.45, 7) is 10.9. The van der Waals surface area contributed by atoms with Crippen LogP contribution in [0.3, 0.4) is 0 Å². The first kappa shape index (κ1) is 14.6. The molecule has 0 atom stereocenters. The summed E-state index contributed by atoms with van der Waals surface area (Å²) in [5.74, 6) is 1.94. The summed E-state index contributed by atoms with van der Waals surface area (Å²) in [5.41, 5.74) is 1.24. The van der Waals surface area contributed by atoms with Crippen LogP contribution in [0.1, 0.15) is 36.8 Å². The third kappa shape index (κ3) is 4.64. The highest BCUT2D eigenvalue weighted by molar-refractivity contribution is 5.20. The van der Waals surface area contributed by atoms with E-state index in [0.717, 1.165) is 37.8 Å². The molecule has 0 saturated carbocycles. The van der Waals surface area contributed by atoms with E-state index in [1.165, 1.54) is 31.5 Å². The van der Waals surface area contributed by atoms with Crippen molar-refractivity contribution in [1.29, 1.82) is 0 Å². The molecule has 0 unspecified atom stereocenters. The Bertz CT molecular complexity index is 370. The second-order valence-electron chi connectivity index (χ2n) is 5.18. The SMILES string of the molecule is CCNCc1cc(COCCN2CCCC2)oc1C. The van der Waals surface area contributed by atoms with E-state index in [4.69, 9.17) is 9.15 Å². The Kier molecular flexibility index (Phi) is 5.89. The Hall–Kier alpha value is -0.840. The van der Waals surface area contributed by atoms with Gasteiger partial charge in [0, 0.05) is 18.7 Å². The molecule has 0 aliphatic carbocycles. The van der Waals surface area contributed by atoms with Gasteiger partial charge in [-0.05, 0) is 45.5 Å². The number of likely N-dealkylation sites (tertiary alicyclic amines) is 1. The van der Waals surface area contributed by atoms with Crippen LogP contribution in [0.4, 0.5) is 0 Å².